The van der Waals surface area contributed by atoms with E-state index < -0.39 is 5.91 Å². The van der Waals surface area contributed by atoms with Crippen LogP contribution in [0.4, 0.5) is 0 Å². The normalized spacial score (nSPS) is 10.8. The number of hydrogen-bond donors (Lipinski definition) is 1. The van der Waals surface area contributed by atoms with E-state index in [1.807, 2.05) is 0 Å². The summed E-state index contributed by atoms with van der Waals surface area (Å²) in [4.78, 5) is 10.9. The number of nitrogens with two attached hydrogens (primary N) is 1. The first-order valence-corrected chi connectivity index (χ1v) is 6.02. The van der Waals surface area contributed by atoms with Gasteiger partial charge in [-0.2, -0.15) is 5.26 Å². The van der Waals surface area contributed by atoms with Crippen LogP contribution in [0.15, 0.2) is 26.7 Å². The smallest absolute Gasteiger partial charge is 0.259 e. The van der Waals surface area contributed by atoms with Gasteiger partial charge in [-0.15, -0.1) is 0 Å². The highest BCUT2D eigenvalue weighted by atomic mass is 79.9. The highest BCUT2D eigenvalue weighted by Gasteiger charge is 2.09. The van der Waals surface area contributed by atoms with Crippen molar-refractivity contribution in [1.82, 2.24) is 0 Å². The van der Waals surface area contributed by atoms with Gasteiger partial charge >= 0.3 is 0 Å². The summed E-state index contributed by atoms with van der Waals surface area (Å²) < 4.78 is 6.56. The largest absolute Gasteiger partial charge is 0.494 e. The van der Waals surface area contributed by atoms with Crippen molar-refractivity contribution in [3.05, 3.63) is 32.2 Å². The van der Waals surface area contributed by atoms with Crippen molar-refractivity contribution in [3.63, 3.8) is 0 Å². The first-order valence-electron chi connectivity index (χ1n) is 4.44. The number of methoxy groups -OCH3 is 1. The fraction of sp³-hybridized carbons (Fsp3) is 0.0909. The second-order valence-electron chi connectivity index (χ2n) is 3.05. The zero-order chi connectivity index (χ0) is 13.0. The summed E-state index contributed by atoms with van der Waals surface area (Å²) in [6.07, 6.45) is 1.41. The quantitative estimate of drug-likeness (QED) is 0.665. The fourth-order valence-corrected chi connectivity index (χ4v) is 2.73. The predicted molar refractivity (Wildman–Crippen MR) is 71.2 cm³/mol. The average molecular weight is 360 g/mol. The summed E-state index contributed by atoms with van der Waals surface area (Å²) in [5, 5.41) is 8.73. The first kappa shape index (κ1) is 13.7. The van der Waals surface area contributed by atoms with Crippen molar-refractivity contribution in [2.75, 3.05) is 7.11 Å². The van der Waals surface area contributed by atoms with Crippen LogP contribution in [0.5, 0.6) is 5.75 Å². The molecule has 0 radical (unpaired) electrons. The molecule has 17 heavy (non-hydrogen) atoms. The molecule has 1 rings (SSSR count). The van der Waals surface area contributed by atoms with Crippen LogP contribution < -0.4 is 10.5 Å². The molecule has 0 aliphatic carbocycles. The molecular formula is C11H8Br2N2O2. The van der Waals surface area contributed by atoms with E-state index in [9.17, 15) is 4.79 Å². The van der Waals surface area contributed by atoms with Crippen LogP contribution in [0.2, 0.25) is 0 Å². The molecule has 2 N–H and O–H groups in total. The Labute approximate surface area is 115 Å². The summed E-state index contributed by atoms with van der Waals surface area (Å²) in [6.45, 7) is 0. The van der Waals surface area contributed by atoms with Gasteiger partial charge in [0.25, 0.3) is 5.91 Å². The third-order valence-electron chi connectivity index (χ3n) is 1.92. The zero-order valence-corrected chi connectivity index (χ0v) is 12.0. The molecule has 0 unspecified atom stereocenters. The average Bonchev–Trinajstić information content (AvgIpc) is 2.25. The Hall–Kier alpha value is -1.32. The molecule has 0 saturated carbocycles. The van der Waals surface area contributed by atoms with E-state index in [-0.39, 0.29) is 5.57 Å². The molecule has 1 amide bonds. The highest BCUT2D eigenvalue weighted by Crippen LogP contribution is 2.34. The minimum absolute atomic E-state index is 0.103. The van der Waals surface area contributed by atoms with Gasteiger partial charge in [0.15, 0.2) is 0 Å². The van der Waals surface area contributed by atoms with Gasteiger partial charge < -0.3 is 10.5 Å². The SMILES string of the molecule is COc1c(Br)cc(/C=C(\C#N)C(N)=O)cc1Br. The lowest BCUT2D eigenvalue weighted by molar-refractivity contribution is -0.114. The van der Waals surface area contributed by atoms with Crippen LogP contribution >= 0.6 is 31.9 Å². The molecule has 6 heteroatoms. The summed E-state index contributed by atoms with van der Waals surface area (Å²) in [7, 11) is 1.55. The minimum atomic E-state index is -0.754. The maximum Gasteiger partial charge on any atom is 0.259 e. The molecule has 4 nitrogen and oxygen atoms in total. The fourth-order valence-electron chi connectivity index (χ4n) is 1.18. The van der Waals surface area contributed by atoms with E-state index in [4.69, 9.17) is 15.7 Å². The molecule has 0 saturated heterocycles. The van der Waals surface area contributed by atoms with Gasteiger partial charge in [0.1, 0.15) is 17.4 Å². The van der Waals surface area contributed by atoms with E-state index >= 15 is 0 Å². The van der Waals surface area contributed by atoms with Gasteiger partial charge in [0.2, 0.25) is 0 Å². The van der Waals surface area contributed by atoms with E-state index in [0.717, 1.165) is 0 Å². The van der Waals surface area contributed by atoms with Crippen LogP contribution in [0, 0.1) is 11.3 Å². The number of nitrogens with zero attached hydrogens (tertiary/aromatic N) is 1. The lowest BCUT2D eigenvalue weighted by Gasteiger charge is -2.07. The molecule has 88 valence electrons. The Morgan fingerprint density at radius 3 is 2.35 bits per heavy atom. The van der Waals surface area contributed by atoms with Gasteiger partial charge in [-0.25, -0.2) is 0 Å². The third kappa shape index (κ3) is 3.32. The molecule has 0 aliphatic rings. The van der Waals surface area contributed by atoms with Gasteiger partial charge in [0.05, 0.1) is 16.1 Å². The second-order valence-corrected chi connectivity index (χ2v) is 4.76. The summed E-state index contributed by atoms with van der Waals surface area (Å²) in [5.74, 6) is -0.115. The first-order chi connectivity index (χ1) is 7.99. The summed E-state index contributed by atoms with van der Waals surface area (Å²) in [6, 6.07) is 5.19. The Balaban J connectivity index is 3.27. The number of carbonyl (C=O) groups is 1. The van der Waals surface area contributed by atoms with Crippen molar-refractivity contribution in [2.45, 2.75) is 0 Å². The van der Waals surface area contributed by atoms with E-state index in [1.165, 1.54) is 6.08 Å². The van der Waals surface area contributed by atoms with Crippen molar-refractivity contribution in [3.8, 4) is 11.8 Å². The molecule has 0 aromatic heterocycles. The monoisotopic (exact) mass is 358 g/mol. The number of amides is 1. The number of nitriles is 1. The number of primary amides is 1. The molecule has 0 spiro atoms. The molecule has 0 atom stereocenters. The lowest BCUT2D eigenvalue weighted by Crippen LogP contribution is -2.12. The van der Waals surface area contributed by atoms with Gasteiger partial charge in [-0.05, 0) is 55.6 Å². The van der Waals surface area contributed by atoms with E-state index in [0.29, 0.717) is 20.3 Å². The standard InChI is InChI=1S/C11H8Br2N2O2/c1-17-10-8(12)3-6(4-9(10)13)2-7(5-14)11(15)16/h2-4H,1H3,(H2,15,16)/b7-2+. The Morgan fingerprint density at radius 1 is 1.47 bits per heavy atom. The van der Waals surface area contributed by atoms with Crippen molar-refractivity contribution in [1.29, 1.82) is 5.26 Å². The lowest BCUT2D eigenvalue weighted by atomic mass is 10.1. The molecule has 0 bridgehead atoms. The maximum atomic E-state index is 10.9. The van der Waals surface area contributed by atoms with Crippen molar-refractivity contribution in [2.24, 2.45) is 5.73 Å². The number of ether oxygens (including phenoxy) is 1. The number of hydrogen-bond acceptors (Lipinski definition) is 3. The summed E-state index contributed by atoms with van der Waals surface area (Å²) in [5.41, 5.74) is 5.61. The number of carbonyl (C=O) groups excluding carboxylic acids is 1. The van der Waals surface area contributed by atoms with Gasteiger partial charge in [0, 0.05) is 0 Å². The van der Waals surface area contributed by atoms with Crippen LogP contribution in [0.25, 0.3) is 6.08 Å². The van der Waals surface area contributed by atoms with Crippen LogP contribution in [0.3, 0.4) is 0 Å². The minimum Gasteiger partial charge on any atom is -0.494 e. The van der Waals surface area contributed by atoms with Crippen molar-refractivity contribution < 1.29 is 9.53 Å². The zero-order valence-electron chi connectivity index (χ0n) is 8.83. The topological polar surface area (TPSA) is 76.1 Å². The van der Waals surface area contributed by atoms with Crippen LogP contribution in [-0.2, 0) is 4.79 Å². The molecule has 1 aromatic carbocycles. The third-order valence-corrected chi connectivity index (χ3v) is 3.10. The molecule has 0 heterocycles. The number of benzene rings is 1. The highest BCUT2D eigenvalue weighted by molar-refractivity contribution is 9.11. The van der Waals surface area contributed by atoms with Crippen molar-refractivity contribution >= 4 is 43.8 Å². The second kappa shape index (κ2) is 5.84. The number of halogens is 2. The maximum absolute atomic E-state index is 10.9. The van der Waals surface area contributed by atoms with E-state index in [1.54, 1.807) is 25.3 Å². The Bertz CT molecular complexity index is 510. The van der Waals surface area contributed by atoms with Crippen LogP contribution in [-0.4, -0.2) is 13.0 Å². The molecule has 1 aromatic rings. The Morgan fingerprint density at radius 2 is 2.00 bits per heavy atom. The summed E-state index contributed by atoms with van der Waals surface area (Å²) >= 11 is 6.65. The molecule has 0 fully saturated rings. The van der Waals surface area contributed by atoms with Gasteiger partial charge in [-0.1, -0.05) is 0 Å². The predicted octanol–water partition coefficient (Wildman–Crippen LogP) is 2.61. The van der Waals surface area contributed by atoms with Crippen LogP contribution in [0.1, 0.15) is 5.56 Å². The molecule has 0 aliphatic heterocycles. The van der Waals surface area contributed by atoms with E-state index in [2.05, 4.69) is 31.9 Å². The van der Waals surface area contributed by atoms with Gasteiger partial charge in [-0.3, -0.25) is 4.79 Å². The molecular weight excluding hydrogens is 352 g/mol. The Kier molecular flexibility index (Phi) is 4.73. The number of rotatable bonds is 3.